The highest BCUT2D eigenvalue weighted by Crippen LogP contribution is 2.25. The topological polar surface area (TPSA) is 78.0 Å². The number of carbonyl (C=O) groups is 1. The average molecular weight is 410 g/mol. The van der Waals surface area contributed by atoms with Crippen LogP contribution < -0.4 is 16.0 Å². The normalized spacial score (nSPS) is 16.2. The van der Waals surface area contributed by atoms with E-state index in [0.29, 0.717) is 19.1 Å². The summed E-state index contributed by atoms with van der Waals surface area (Å²) < 4.78 is 5.23. The summed E-state index contributed by atoms with van der Waals surface area (Å²) >= 11 is 1.87. The molecule has 1 aliphatic heterocycles. The first-order chi connectivity index (χ1) is 13.3. The van der Waals surface area contributed by atoms with Crippen LogP contribution in [-0.2, 0) is 17.7 Å². The Hall–Kier alpha value is -1.80. The minimum Gasteiger partial charge on any atom is -0.444 e. The molecule has 2 heterocycles. The molecule has 0 fully saturated rings. The van der Waals surface area contributed by atoms with E-state index >= 15 is 0 Å². The molecule has 1 amide bonds. The molecule has 0 saturated carbocycles. The maximum absolute atomic E-state index is 11.7. The molecule has 1 unspecified atom stereocenters. The molecule has 1 atom stereocenters. The second kappa shape index (κ2) is 10.7. The molecule has 0 aliphatic carbocycles. The number of hydrogen-bond donors (Lipinski definition) is 3. The van der Waals surface area contributed by atoms with Gasteiger partial charge in [0.15, 0.2) is 5.96 Å². The molecule has 2 rings (SSSR count). The van der Waals surface area contributed by atoms with Crippen LogP contribution in [0.2, 0.25) is 0 Å². The second-order valence-corrected chi connectivity index (χ2v) is 9.01. The number of carbonyl (C=O) groups excluding carboxylic acids is 1. The molecule has 7 nitrogen and oxygen atoms in total. The third kappa shape index (κ3) is 7.67. The summed E-state index contributed by atoms with van der Waals surface area (Å²) in [5.41, 5.74) is 0.979. The summed E-state index contributed by atoms with van der Waals surface area (Å²) in [6.07, 6.45) is 0.734. The molecule has 0 spiro atoms. The number of nitrogens with one attached hydrogen (secondary N) is 3. The van der Waals surface area contributed by atoms with Gasteiger partial charge in [-0.05, 0) is 58.0 Å². The van der Waals surface area contributed by atoms with Crippen molar-refractivity contribution in [2.45, 2.75) is 59.2 Å². The number of guanidine groups is 1. The fourth-order valence-corrected chi connectivity index (χ4v) is 3.88. The van der Waals surface area contributed by atoms with Crippen LogP contribution in [0.25, 0.3) is 0 Å². The Bertz CT molecular complexity index is 653. The van der Waals surface area contributed by atoms with Crippen LogP contribution in [0.15, 0.2) is 16.4 Å². The van der Waals surface area contributed by atoms with Crippen molar-refractivity contribution in [3.8, 4) is 0 Å². The molecule has 28 heavy (non-hydrogen) atoms. The highest BCUT2D eigenvalue weighted by Gasteiger charge is 2.21. The molecule has 8 heteroatoms. The number of nitrogens with zero attached hydrogens (tertiary/aromatic N) is 2. The van der Waals surface area contributed by atoms with Crippen molar-refractivity contribution in [3.63, 3.8) is 0 Å². The molecule has 0 saturated heterocycles. The van der Waals surface area contributed by atoms with Gasteiger partial charge in [-0.15, -0.1) is 11.3 Å². The predicted octanol–water partition coefficient (Wildman–Crippen LogP) is 2.57. The van der Waals surface area contributed by atoms with Crippen molar-refractivity contribution in [1.29, 1.82) is 0 Å². The van der Waals surface area contributed by atoms with E-state index < -0.39 is 11.7 Å². The number of fused-ring (bicyclic) bond motifs is 1. The van der Waals surface area contributed by atoms with Gasteiger partial charge in [0.25, 0.3) is 0 Å². The monoisotopic (exact) mass is 409 g/mol. The highest BCUT2D eigenvalue weighted by molar-refractivity contribution is 7.10. The molecule has 0 bridgehead atoms. The van der Waals surface area contributed by atoms with Gasteiger partial charge in [0, 0.05) is 43.6 Å². The summed E-state index contributed by atoms with van der Waals surface area (Å²) in [4.78, 5) is 20.4. The van der Waals surface area contributed by atoms with Crippen molar-refractivity contribution < 1.29 is 9.53 Å². The van der Waals surface area contributed by atoms with Crippen LogP contribution in [0, 0.1) is 0 Å². The molecule has 158 valence electrons. The first-order valence-electron chi connectivity index (χ1n) is 10.1. The van der Waals surface area contributed by atoms with E-state index in [1.807, 2.05) is 39.0 Å². The second-order valence-electron chi connectivity index (χ2n) is 8.01. The van der Waals surface area contributed by atoms with Crippen LogP contribution in [-0.4, -0.2) is 61.3 Å². The Morgan fingerprint density at radius 2 is 2.07 bits per heavy atom. The smallest absolute Gasteiger partial charge is 0.407 e. The van der Waals surface area contributed by atoms with Gasteiger partial charge in [-0.3, -0.25) is 9.89 Å². The van der Waals surface area contributed by atoms with E-state index in [-0.39, 0.29) is 0 Å². The van der Waals surface area contributed by atoms with E-state index in [4.69, 9.17) is 9.73 Å². The zero-order chi connectivity index (χ0) is 20.6. The number of thiophene rings is 1. The fourth-order valence-electron chi connectivity index (χ4n) is 2.99. The van der Waals surface area contributed by atoms with Crippen LogP contribution >= 0.6 is 11.3 Å². The van der Waals surface area contributed by atoms with Gasteiger partial charge in [-0.1, -0.05) is 0 Å². The molecule has 1 aliphatic rings. The Morgan fingerprint density at radius 3 is 2.79 bits per heavy atom. The number of rotatable bonds is 7. The van der Waals surface area contributed by atoms with E-state index in [9.17, 15) is 4.79 Å². The minimum absolute atomic E-state index is 0.378. The number of ether oxygens (including phenoxy) is 1. The van der Waals surface area contributed by atoms with Crippen molar-refractivity contribution >= 4 is 23.4 Å². The van der Waals surface area contributed by atoms with E-state index in [0.717, 1.165) is 38.6 Å². The quantitative estimate of drug-likeness (QED) is 0.367. The first-order valence-corrected chi connectivity index (χ1v) is 10.9. The summed E-state index contributed by atoms with van der Waals surface area (Å²) in [7, 11) is 0. The van der Waals surface area contributed by atoms with Crippen molar-refractivity contribution in [3.05, 3.63) is 21.9 Å². The maximum atomic E-state index is 11.7. The van der Waals surface area contributed by atoms with Crippen molar-refractivity contribution in [2.24, 2.45) is 4.99 Å². The molecule has 0 radical (unpaired) electrons. The number of hydrogen-bond acceptors (Lipinski definition) is 5. The van der Waals surface area contributed by atoms with Gasteiger partial charge in [-0.25, -0.2) is 4.79 Å². The zero-order valence-corrected chi connectivity index (χ0v) is 18.6. The number of alkyl carbamates (subject to hydrolysis) is 1. The number of aliphatic imine (C=N–C) groups is 1. The van der Waals surface area contributed by atoms with Crippen molar-refractivity contribution in [1.82, 2.24) is 20.9 Å². The zero-order valence-electron chi connectivity index (χ0n) is 17.8. The van der Waals surface area contributed by atoms with Gasteiger partial charge in [-0.2, -0.15) is 0 Å². The molecule has 1 aromatic rings. The number of amides is 1. The lowest BCUT2D eigenvalue weighted by Crippen LogP contribution is -2.44. The third-order valence-corrected chi connectivity index (χ3v) is 5.43. The standard InChI is InChI=1S/C20H35N5O2S/c1-6-21-18(22-9-10-23-19(26)27-20(3,4)5)24-13-15(2)25-11-7-17-16(14-25)8-12-28-17/h8,12,15H,6-7,9-11,13-14H2,1-5H3,(H,23,26)(H2,21,22,24). The predicted molar refractivity (Wildman–Crippen MR) is 116 cm³/mol. The summed E-state index contributed by atoms with van der Waals surface area (Å²) in [6, 6.07) is 2.62. The summed E-state index contributed by atoms with van der Waals surface area (Å²) in [5, 5.41) is 11.5. The highest BCUT2D eigenvalue weighted by atomic mass is 32.1. The lowest BCUT2D eigenvalue weighted by Gasteiger charge is -2.31. The van der Waals surface area contributed by atoms with Gasteiger partial charge in [0.1, 0.15) is 5.60 Å². The Labute approximate surface area is 172 Å². The Morgan fingerprint density at radius 1 is 1.32 bits per heavy atom. The van der Waals surface area contributed by atoms with Crippen molar-refractivity contribution in [2.75, 3.05) is 32.7 Å². The molecule has 0 aromatic carbocycles. The largest absolute Gasteiger partial charge is 0.444 e. The SMILES string of the molecule is CCNC(=NCC(C)N1CCc2sccc2C1)NCCNC(=O)OC(C)(C)C. The van der Waals surface area contributed by atoms with E-state index in [2.05, 4.69) is 39.2 Å². The third-order valence-electron chi connectivity index (χ3n) is 4.40. The van der Waals surface area contributed by atoms with Crippen LogP contribution in [0.4, 0.5) is 4.79 Å². The van der Waals surface area contributed by atoms with E-state index in [1.54, 1.807) is 0 Å². The maximum Gasteiger partial charge on any atom is 0.407 e. The molecular weight excluding hydrogens is 374 g/mol. The summed E-state index contributed by atoms with van der Waals surface area (Å²) in [6.45, 7) is 14.5. The molecule has 3 N–H and O–H groups in total. The van der Waals surface area contributed by atoms with Gasteiger partial charge < -0.3 is 20.7 Å². The average Bonchev–Trinajstić information content (AvgIpc) is 3.09. The summed E-state index contributed by atoms with van der Waals surface area (Å²) in [5.74, 6) is 0.772. The lowest BCUT2D eigenvalue weighted by atomic mass is 10.1. The Balaban J connectivity index is 1.74. The van der Waals surface area contributed by atoms with E-state index in [1.165, 1.54) is 10.4 Å². The minimum atomic E-state index is -0.484. The van der Waals surface area contributed by atoms with Crippen LogP contribution in [0.1, 0.15) is 45.1 Å². The fraction of sp³-hybridized carbons (Fsp3) is 0.700. The van der Waals surface area contributed by atoms with Crippen LogP contribution in [0.5, 0.6) is 0 Å². The van der Waals surface area contributed by atoms with Gasteiger partial charge in [0.05, 0.1) is 6.54 Å². The van der Waals surface area contributed by atoms with Crippen LogP contribution in [0.3, 0.4) is 0 Å². The van der Waals surface area contributed by atoms with Gasteiger partial charge >= 0.3 is 6.09 Å². The lowest BCUT2D eigenvalue weighted by molar-refractivity contribution is 0.0529. The first kappa shape index (κ1) is 22.5. The Kier molecular flexibility index (Phi) is 8.57. The van der Waals surface area contributed by atoms with Gasteiger partial charge in [0.2, 0.25) is 0 Å². The molecular formula is C20H35N5O2S. The molecule has 1 aromatic heterocycles.